The fourth-order valence-corrected chi connectivity index (χ4v) is 2.21. The predicted molar refractivity (Wildman–Crippen MR) is 79.3 cm³/mol. The van der Waals surface area contributed by atoms with Crippen LogP contribution in [0.15, 0.2) is 36.5 Å². The second-order valence-corrected chi connectivity index (χ2v) is 4.85. The third-order valence-corrected chi connectivity index (χ3v) is 2.93. The normalized spacial score (nSPS) is 10.2. The third-order valence-electron chi connectivity index (χ3n) is 2.65. The van der Waals surface area contributed by atoms with E-state index in [2.05, 4.69) is 10.3 Å². The van der Waals surface area contributed by atoms with Gasteiger partial charge in [0, 0.05) is 6.20 Å². The van der Waals surface area contributed by atoms with Gasteiger partial charge < -0.3 is 10.1 Å². The van der Waals surface area contributed by atoms with Crippen molar-refractivity contribution in [2.75, 3.05) is 11.9 Å². The molecule has 0 atom stereocenters. The number of ether oxygens (including phenoxy) is 1. The molecule has 0 aliphatic rings. The van der Waals surface area contributed by atoms with Crippen LogP contribution in [0.5, 0.6) is 5.75 Å². The number of amides is 1. The van der Waals surface area contributed by atoms with Crippen LogP contribution in [-0.4, -0.2) is 17.5 Å². The molecule has 2 rings (SSSR count). The van der Waals surface area contributed by atoms with E-state index in [4.69, 9.17) is 16.3 Å². The van der Waals surface area contributed by atoms with Crippen molar-refractivity contribution < 1.29 is 9.53 Å². The molecule has 0 bridgehead atoms. The molecule has 5 heteroatoms. The summed E-state index contributed by atoms with van der Waals surface area (Å²) >= 11 is 6.11. The molecule has 0 saturated heterocycles. The lowest BCUT2D eigenvalue weighted by Gasteiger charge is -2.11. The zero-order chi connectivity index (χ0) is 14.5. The van der Waals surface area contributed by atoms with Gasteiger partial charge in [-0.25, -0.2) is 4.98 Å². The Hall–Kier alpha value is -2.07. The summed E-state index contributed by atoms with van der Waals surface area (Å²) in [6, 6.07) is 9.05. The van der Waals surface area contributed by atoms with Crippen LogP contribution in [0, 0.1) is 13.8 Å². The Morgan fingerprint density at radius 1 is 1.35 bits per heavy atom. The van der Waals surface area contributed by atoms with Crippen molar-refractivity contribution in [3.8, 4) is 5.75 Å². The zero-order valence-electron chi connectivity index (χ0n) is 11.3. The number of pyridine rings is 1. The molecule has 0 spiro atoms. The number of aryl methyl sites for hydroxylation is 2. The fraction of sp³-hybridized carbons (Fsp3) is 0.200. The molecule has 20 heavy (non-hydrogen) atoms. The first-order chi connectivity index (χ1) is 9.56. The lowest BCUT2D eigenvalue weighted by molar-refractivity contribution is -0.118. The number of aromatic nitrogens is 1. The second kappa shape index (κ2) is 6.39. The van der Waals surface area contributed by atoms with E-state index >= 15 is 0 Å². The molecule has 0 unspecified atom stereocenters. The third kappa shape index (κ3) is 3.71. The minimum atomic E-state index is -0.278. The Kier molecular flexibility index (Phi) is 4.58. The molecule has 1 heterocycles. The van der Waals surface area contributed by atoms with Crippen LogP contribution < -0.4 is 10.1 Å². The maximum absolute atomic E-state index is 11.8. The maximum Gasteiger partial charge on any atom is 0.263 e. The van der Waals surface area contributed by atoms with E-state index in [9.17, 15) is 4.79 Å². The number of nitrogens with zero attached hydrogens (tertiary/aromatic N) is 1. The van der Waals surface area contributed by atoms with Crippen LogP contribution in [0.25, 0.3) is 0 Å². The van der Waals surface area contributed by atoms with Gasteiger partial charge in [0.1, 0.15) is 11.6 Å². The first-order valence-corrected chi connectivity index (χ1v) is 6.54. The SMILES string of the molecule is Cc1cc(C)c(OCC(=O)Nc2ccccn2)c(Cl)c1. The molecule has 0 aliphatic carbocycles. The van der Waals surface area contributed by atoms with Gasteiger partial charge in [-0.3, -0.25) is 4.79 Å². The maximum atomic E-state index is 11.8. The van der Waals surface area contributed by atoms with Crippen molar-refractivity contribution in [1.29, 1.82) is 0 Å². The highest BCUT2D eigenvalue weighted by Crippen LogP contribution is 2.29. The first kappa shape index (κ1) is 14.3. The lowest BCUT2D eigenvalue weighted by atomic mass is 10.1. The van der Waals surface area contributed by atoms with Crippen molar-refractivity contribution in [3.63, 3.8) is 0 Å². The topological polar surface area (TPSA) is 51.2 Å². The number of carbonyl (C=O) groups is 1. The highest BCUT2D eigenvalue weighted by atomic mass is 35.5. The molecular formula is C15H15ClN2O2. The van der Waals surface area contributed by atoms with E-state index in [1.54, 1.807) is 30.5 Å². The molecule has 2 aromatic rings. The number of carbonyl (C=O) groups excluding carboxylic acids is 1. The number of halogens is 1. The van der Waals surface area contributed by atoms with Crippen molar-refractivity contribution >= 4 is 23.3 Å². The highest BCUT2D eigenvalue weighted by Gasteiger charge is 2.10. The van der Waals surface area contributed by atoms with Crippen LogP contribution in [0.4, 0.5) is 5.82 Å². The van der Waals surface area contributed by atoms with Crippen molar-refractivity contribution in [3.05, 3.63) is 52.7 Å². The van der Waals surface area contributed by atoms with E-state index in [0.29, 0.717) is 16.6 Å². The Bertz CT molecular complexity index is 592. The Morgan fingerprint density at radius 2 is 2.15 bits per heavy atom. The fourth-order valence-electron chi connectivity index (χ4n) is 1.84. The van der Waals surface area contributed by atoms with Crippen LogP contribution in [0.1, 0.15) is 11.1 Å². The standard InChI is InChI=1S/C15H15ClN2O2/c1-10-7-11(2)15(12(16)8-10)20-9-14(19)18-13-5-3-4-6-17-13/h3-8H,9H2,1-2H3,(H,17,18,19). The molecule has 0 saturated carbocycles. The van der Waals surface area contributed by atoms with Gasteiger partial charge in [-0.15, -0.1) is 0 Å². The van der Waals surface area contributed by atoms with Gasteiger partial charge in [0.2, 0.25) is 0 Å². The Labute approximate surface area is 122 Å². The summed E-state index contributed by atoms with van der Waals surface area (Å²) in [7, 11) is 0. The molecule has 0 aliphatic heterocycles. The predicted octanol–water partition coefficient (Wildman–Crippen LogP) is 3.37. The molecule has 1 amide bonds. The summed E-state index contributed by atoms with van der Waals surface area (Å²) in [5.74, 6) is 0.751. The summed E-state index contributed by atoms with van der Waals surface area (Å²) in [5, 5.41) is 3.15. The monoisotopic (exact) mass is 290 g/mol. The summed E-state index contributed by atoms with van der Waals surface area (Å²) in [6.07, 6.45) is 1.61. The van der Waals surface area contributed by atoms with E-state index in [1.165, 1.54) is 0 Å². The van der Waals surface area contributed by atoms with E-state index in [0.717, 1.165) is 11.1 Å². The average molecular weight is 291 g/mol. The number of hydrogen-bond donors (Lipinski definition) is 1. The average Bonchev–Trinajstić information content (AvgIpc) is 2.38. The van der Waals surface area contributed by atoms with Crippen molar-refractivity contribution in [2.24, 2.45) is 0 Å². The number of hydrogen-bond acceptors (Lipinski definition) is 3. The van der Waals surface area contributed by atoms with Crippen molar-refractivity contribution in [1.82, 2.24) is 4.98 Å². The molecule has 1 aromatic carbocycles. The molecule has 0 fully saturated rings. The number of benzene rings is 1. The van der Waals surface area contributed by atoms with Gasteiger partial charge in [-0.05, 0) is 43.2 Å². The first-order valence-electron chi connectivity index (χ1n) is 6.16. The zero-order valence-corrected chi connectivity index (χ0v) is 12.1. The van der Waals surface area contributed by atoms with E-state index in [1.807, 2.05) is 19.9 Å². The van der Waals surface area contributed by atoms with E-state index < -0.39 is 0 Å². The van der Waals surface area contributed by atoms with E-state index in [-0.39, 0.29) is 12.5 Å². The molecule has 0 radical (unpaired) electrons. The molecule has 1 N–H and O–H groups in total. The number of anilines is 1. The minimum absolute atomic E-state index is 0.111. The largest absolute Gasteiger partial charge is 0.482 e. The smallest absolute Gasteiger partial charge is 0.263 e. The highest BCUT2D eigenvalue weighted by molar-refractivity contribution is 6.32. The summed E-state index contributed by atoms with van der Waals surface area (Å²) < 4.78 is 5.48. The summed E-state index contributed by atoms with van der Waals surface area (Å²) in [5.41, 5.74) is 1.96. The summed E-state index contributed by atoms with van der Waals surface area (Å²) in [6.45, 7) is 3.74. The van der Waals surface area contributed by atoms with Crippen LogP contribution >= 0.6 is 11.6 Å². The molecule has 104 valence electrons. The molecular weight excluding hydrogens is 276 g/mol. The minimum Gasteiger partial charge on any atom is -0.482 e. The van der Waals surface area contributed by atoms with Gasteiger partial charge in [0.25, 0.3) is 5.91 Å². The molecule has 4 nitrogen and oxygen atoms in total. The molecule has 1 aromatic heterocycles. The van der Waals surface area contributed by atoms with Gasteiger partial charge in [-0.1, -0.05) is 23.7 Å². The van der Waals surface area contributed by atoms with Crippen LogP contribution in [0.3, 0.4) is 0 Å². The number of rotatable bonds is 4. The van der Waals surface area contributed by atoms with Gasteiger partial charge in [-0.2, -0.15) is 0 Å². The van der Waals surface area contributed by atoms with Crippen LogP contribution in [-0.2, 0) is 4.79 Å². The van der Waals surface area contributed by atoms with Gasteiger partial charge in [0.15, 0.2) is 6.61 Å². The van der Waals surface area contributed by atoms with Crippen LogP contribution in [0.2, 0.25) is 5.02 Å². The summed E-state index contributed by atoms with van der Waals surface area (Å²) in [4.78, 5) is 15.8. The Morgan fingerprint density at radius 3 is 2.80 bits per heavy atom. The van der Waals surface area contributed by atoms with Gasteiger partial charge in [0.05, 0.1) is 5.02 Å². The lowest BCUT2D eigenvalue weighted by Crippen LogP contribution is -2.21. The number of nitrogens with one attached hydrogen (secondary N) is 1. The Balaban J connectivity index is 1.97. The quantitative estimate of drug-likeness (QED) is 0.939. The second-order valence-electron chi connectivity index (χ2n) is 4.44. The van der Waals surface area contributed by atoms with Gasteiger partial charge >= 0.3 is 0 Å². The van der Waals surface area contributed by atoms with Crippen molar-refractivity contribution in [2.45, 2.75) is 13.8 Å².